The quantitative estimate of drug-likeness (QED) is 0.846. The molecule has 0 saturated heterocycles. The number of nitrogens with zero attached hydrogens (tertiary/aromatic N) is 1. The molecule has 2 aromatic carbocycles. The summed E-state index contributed by atoms with van der Waals surface area (Å²) in [5.41, 5.74) is 1.47. The number of sulfone groups is 1. The van der Waals surface area contributed by atoms with E-state index in [0.717, 1.165) is 17.7 Å². The topological polar surface area (TPSA) is 83.9 Å². The predicted molar refractivity (Wildman–Crippen MR) is 87.0 cm³/mol. The molecule has 0 unspecified atom stereocenters. The molecule has 0 radical (unpaired) electrons. The van der Waals surface area contributed by atoms with Crippen molar-refractivity contribution >= 4 is 15.9 Å². The summed E-state index contributed by atoms with van der Waals surface area (Å²) in [6.07, 6.45) is -0.570. The second-order valence-corrected chi connectivity index (χ2v) is 7.60. The van der Waals surface area contributed by atoms with Gasteiger partial charge in [-0.1, -0.05) is 0 Å². The zero-order valence-corrected chi connectivity index (χ0v) is 14.2. The molecule has 1 aliphatic rings. The Morgan fingerprint density at radius 1 is 1.20 bits per heavy atom. The summed E-state index contributed by atoms with van der Waals surface area (Å²) >= 11 is 0. The van der Waals surface area contributed by atoms with Gasteiger partial charge in [-0.05, 0) is 53.9 Å². The maximum Gasteiger partial charge on any atom is 0.407 e. The molecule has 3 rings (SSSR count). The van der Waals surface area contributed by atoms with Gasteiger partial charge in [0.05, 0.1) is 12.0 Å². The van der Waals surface area contributed by atoms with Crippen LogP contribution in [0.4, 0.5) is 9.18 Å². The molecule has 0 saturated carbocycles. The number of amides is 1. The fraction of sp³-hybridized carbons (Fsp3) is 0.235. The van der Waals surface area contributed by atoms with Gasteiger partial charge in [-0.25, -0.2) is 17.6 Å². The smallest absolute Gasteiger partial charge is 0.407 e. The fourth-order valence-electron chi connectivity index (χ4n) is 2.84. The maximum atomic E-state index is 13.1. The van der Waals surface area contributed by atoms with Gasteiger partial charge in [0, 0.05) is 13.1 Å². The Balaban J connectivity index is 2.11. The van der Waals surface area contributed by atoms with Gasteiger partial charge in [0.15, 0.2) is 0 Å². The van der Waals surface area contributed by atoms with Crippen LogP contribution in [0.25, 0.3) is 0 Å². The van der Waals surface area contributed by atoms with Crippen molar-refractivity contribution in [3.05, 3.63) is 53.3 Å². The normalized spacial score (nSPS) is 14.1. The van der Waals surface area contributed by atoms with E-state index in [2.05, 4.69) is 0 Å². The molecule has 0 aromatic heterocycles. The van der Waals surface area contributed by atoms with Crippen molar-refractivity contribution in [2.75, 3.05) is 13.7 Å². The summed E-state index contributed by atoms with van der Waals surface area (Å²) in [4.78, 5) is 12.3. The Morgan fingerprint density at radius 3 is 2.48 bits per heavy atom. The SMILES string of the molecule is COc1cc2c(cc1S(=O)(=O)c1ccc(F)cc1)CN(C(=O)O)CC2. The Hall–Kier alpha value is -2.61. The molecule has 25 heavy (non-hydrogen) atoms. The van der Waals surface area contributed by atoms with E-state index in [4.69, 9.17) is 9.84 Å². The molecule has 0 spiro atoms. The first-order valence-corrected chi connectivity index (χ1v) is 8.99. The molecular weight excluding hydrogens is 349 g/mol. The largest absolute Gasteiger partial charge is 0.495 e. The summed E-state index contributed by atoms with van der Waals surface area (Å²) in [7, 11) is -2.55. The molecule has 6 nitrogen and oxygen atoms in total. The molecule has 2 aromatic rings. The van der Waals surface area contributed by atoms with E-state index in [9.17, 15) is 17.6 Å². The van der Waals surface area contributed by atoms with Crippen LogP contribution < -0.4 is 4.74 Å². The van der Waals surface area contributed by atoms with E-state index >= 15 is 0 Å². The average Bonchev–Trinajstić information content (AvgIpc) is 2.60. The van der Waals surface area contributed by atoms with Crippen LogP contribution in [-0.2, 0) is 22.8 Å². The monoisotopic (exact) mass is 365 g/mol. The lowest BCUT2D eigenvalue weighted by molar-refractivity contribution is 0.140. The first-order chi connectivity index (χ1) is 11.8. The van der Waals surface area contributed by atoms with Gasteiger partial charge in [0.2, 0.25) is 9.84 Å². The molecule has 1 aliphatic heterocycles. The summed E-state index contributed by atoms with van der Waals surface area (Å²) in [6, 6.07) is 7.60. The highest BCUT2D eigenvalue weighted by atomic mass is 32.2. The highest BCUT2D eigenvalue weighted by Gasteiger charge is 2.27. The molecule has 8 heteroatoms. The van der Waals surface area contributed by atoms with Gasteiger partial charge in [-0.2, -0.15) is 0 Å². The van der Waals surface area contributed by atoms with Gasteiger partial charge in [0.1, 0.15) is 16.5 Å². The molecular formula is C17H16FNO5S. The van der Waals surface area contributed by atoms with E-state index in [0.29, 0.717) is 18.5 Å². The number of carbonyl (C=O) groups is 1. The Kier molecular flexibility index (Phi) is 4.38. The first-order valence-electron chi connectivity index (χ1n) is 7.51. The molecule has 1 N–H and O–H groups in total. The summed E-state index contributed by atoms with van der Waals surface area (Å²) in [5, 5.41) is 9.15. The van der Waals surface area contributed by atoms with Gasteiger partial charge in [-0.3, -0.25) is 0 Å². The van der Waals surface area contributed by atoms with Crippen molar-refractivity contribution in [2.24, 2.45) is 0 Å². The molecule has 0 fully saturated rings. The lowest BCUT2D eigenvalue weighted by atomic mass is 10.00. The van der Waals surface area contributed by atoms with Crippen molar-refractivity contribution in [3.8, 4) is 5.75 Å². The van der Waals surface area contributed by atoms with Crippen LogP contribution in [0, 0.1) is 5.82 Å². The van der Waals surface area contributed by atoms with Gasteiger partial charge in [-0.15, -0.1) is 0 Å². The number of rotatable bonds is 3. The van der Waals surface area contributed by atoms with Gasteiger partial charge < -0.3 is 14.7 Å². The maximum absolute atomic E-state index is 13.1. The fourth-order valence-corrected chi connectivity index (χ4v) is 4.29. The molecule has 0 atom stereocenters. The van der Waals surface area contributed by atoms with E-state index in [1.165, 1.54) is 30.2 Å². The van der Waals surface area contributed by atoms with E-state index in [1.807, 2.05) is 0 Å². The molecule has 132 valence electrons. The third-order valence-electron chi connectivity index (χ3n) is 4.18. The van der Waals surface area contributed by atoms with Crippen LogP contribution in [-0.4, -0.2) is 38.2 Å². The number of hydrogen-bond donors (Lipinski definition) is 1. The number of carboxylic acid groups (broad SMARTS) is 1. The Labute approximate surface area is 144 Å². The minimum atomic E-state index is -3.93. The number of methoxy groups -OCH3 is 1. The van der Waals surface area contributed by atoms with Crippen molar-refractivity contribution in [3.63, 3.8) is 0 Å². The van der Waals surface area contributed by atoms with E-state index in [-0.39, 0.29) is 22.1 Å². The highest BCUT2D eigenvalue weighted by molar-refractivity contribution is 7.91. The van der Waals surface area contributed by atoms with Gasteiger partial charge in [0.25, 0.3) is 0 Å². The third-order valence-corrected chi connectivity index (χ3v) is 5.97. The zero-order chi connectivity index (χ0) is 18.2. The summed E-state index contributed by atoms with van der Waals surface area (Å²) < 4.78 is 44.1. The van der Waals surface area contributed by atoms with E-state index in [1.54, 1.807) is 6.07 Å². The summed E-state index contributed by atoms with van der Waals surface area (Å²) in [6.45, 7) is 0.455. The highest BCUT2D eigenvalue weighted by Crippen LogP contribution is 2.34. The van der Waals surface area contributed by atoms with Crippen LogP contribution >= 0.6 is 0 Å². The van der Waals surface area contributed by atoms with E-state index < -0.39 is 21.7 Å². The second-order valence-electron chi connectivity index (χ2n) is 5.68. The number of halogens is 1. The van der Waals surface area contributed by atoms with Crippen LogP contribution in [0.15, 0.2) is 46.2 Å². The number of benzene rings is 2. The van der Waals surface area contributed by atoms with Crippen LogP contribution in [0.5, 0.6) is 5.75 Å². The van der Waals surface area contributed by atoms with Crippen LogP contribution in [0.2, 0.25) is 0 Å². The summed E-state index contributed by atoms with van der Waals surface area (Å²) in [5.74, 6) is -0.347. The van der Waals surface area contributed by atoms with Crippen molar-refractivity contribution in [1.29, 1.82) is 0 Å². The number of ether oxygens (including phenoxy) is 1. The predicted octanol–water partition coefficient (Wildman–Crippen LogP) is 2.70. The standard InChI is InChI=1S/C17H16FNO5S/c1-24-15-8-11-6-7-19(17(20)21)10-12(11)9-16(15)25(22,23)14-4-2-13(18)3-5-14/h2-5,8-9H,6-7,10H2,1H3,(H,20,21). The van der Waals surface area contributed by atoms with Crippen molar-refractivity contribution in [2.45, 2.75) is 22.8 Å². The Bertz CT molecular complexity index is 925. The van der Waals surface area contributed by atoms with Crippen molar-refractivity contribution in [1.82, 2.24) is 4.90 Å². The lowest BCUT2D eigenvalue weighted by Gasteiger charge is -2.27. The average molecular weight is 365 g/mol. The molecule has 1 amide bonds. The lowest BCUT2D eigenvalue weighted by Crippen LogP contribution is -2.34. The Morgan fingerprint density at radius 2 is 1.88 bits per heavy atom. The van der Waals surface area contributed by atoms with Crippen molar-refractivity contribution < 1.29 is 27.4 Å². The second kappa shape index (κ2) is 6.36. The third kappa shape index (κ3) is 3.17. The first kappa shape index (κ1) is 17.2. The molecule has 1 heterocycles. The molecule has 0 aliphatic carbocycles. The molecule has 0 bridgehead atoms. The zero-order valence-electron chi connectivity index (χ0n) is 13.4. The number of fused-ring (bicyclic) bond motifs is 1. The van der Waals surface area contributed by atoms with Crippen LogP contribution in [0.1, 0.15) is 11.1 Å². The van der Waals surface area contributed by atoms with Gasteiger partial charge >= 0.3 is 6.09 Å². The minimum Gasteiger partial charge on any atom is -0.495 e. The number of hydrogen-bond acceptors (Lipinski definition) is 4. The minimum absolute atomic E-state index is 0.0574. The van der Waals surface area contributed by atoms with Crippen LogP contribution in [0.3, 0.4) is 0 Å².